The van der Waals surface area contributed by atoms with Crippen LogP contribution in [0.4, 0.5) is 0 Å². The summed E-state index contributed by atoms with van der Waals surface area (Å²) in [6, 6.07) is 12.0. The van der Waals surface area contributed by atoms with Crippen molar-refractivity contribution in [1.29, 1.82) is 0 Å². The molecule has 2 aromatic rings. The van der Waals surface area contributed by atoms with Crippen LogP contribution in [0.5, 0.6) is 0 Å². The molecule has 0 nitrogen and oxygen atoms in total. The van der Waals surface area contributed by atoms with Gasteiger partial charge < -0.3 is 0 Å². The lowest BCUT2D eigenvalue weighted by Gasteiger charge is -1.81. The van der Waals surface area contributed by atoms with E-state index in [2.05, 4.69) is 18.2 Å². The van der Waals surface area contributed by atoms with Gasteiger partial charge in [-0.15, -0.1) is 11.3 Å². The summed E-state index contributed by atoms with van der Waals surface area (Å²) in [5, 5.41) is 3.14. The zero-order chi connectivity index (χ0) is 6.10. The number of benzene rings is 1. The Bertz CT molecular complexity index is 279. The van der Waals surface area contributed by atoms with Crippen LogP contribution in [0.25, 0.3) is 10.1 Å². The average Bonchev–Trinajstić information content (AvgIpc) is 2.33. The summed E-state index contributed by atoms with van der Waals surface area (Å²) in [4.78, 5) is 0. The summed E-state index contributed by atoms with van der Waals surface area (Å²) < 4.78 is 1.29. The Balaban J connectivity index is 2.95. The van der Waals surface area contributed by atoms with Gasteiger partial charge in [0.1, 0.15) is 0 Å². The van der Waals surface area contributed by atoms with Gasteiger partial charge >= 0.3 is 0 Å². The van der Waals surface area contributed by atoms with Gasteiger partial charge in [0.25, 0.3) is 0 Å². The summed E-state index contributed by atoms with van der Waals surface area (Å²) in [5.74, 6) is 0. The van der Waals surface area contributed by atoms with Crippen LogP contribution in [0.2, 0.25) is 0 Å². The largest absolute Gasteiger partial charge is 0.143 e. The standard InChI is InChI=1S/C8H4S/c1-2-4-8-7(3-1)5-6-9-8/h2-4,6H. The Morgan fingerprint density at radius 1 is 1.44 bits per heavy atom. The van der Waals surface area contributed by atoms with Crippen LogP contribution < -0.4 is 0 Å². The van der Waals surface area contributed by atoms with Crippen molar-refractivity contribution in [2.24, 2.45) is 0 Å². The van der Waals surface area contributed by atoms with Gasteiger partial charge in [0.05, 0.1) is 0 Å². The molecule has 0 unspecified atom stereocenters. The fourth-order valence-corrected chi connectivity index (χ4v) is 1.49. The summed E-state index contributed by atoms with van der Waals surface area (Å²) >= 11 is 1.71. The van der Waals surface area contributed by atoms with Gasteiger partial charge in [0.15, 0.2) is 0 Å². The molecule has 9 heavy (non-hydrogen) atoms. The third-order valence-electron chi connectivity index (χ3n) is 1.22. The lowest BCUT2D eigenvalue weighted by atomic mass is 10.3. The van der Waals surface area contributed by atoms with Crippen molar-refractivity contribution < 1.29 is 0 Å². The first-order chi connectivity index (χ1) is 4.47. The minimum atomic E-state index is 1.17. The molecule has 0 saturated heterocycles. The molecule has 0 aliphatic carbocycles. The van der Waals surface area contributed by atoms with E-state index in [9.17, 15) is 0 Å². The second-order valence-corrected chi connectivity index (χ2v) is 2.71. The van der Waals surface area contributed by atoms with Gasteiger partial charge in [-0.3, -0.25) is 0 Å². The van der Waals surface area contributed by atoms with E-state index >= 15 is 0 Å². The van der Waals surface area contributed by atoms with E-state index in [0.29, 0.717) is 0 Å². The molecule has 0 saturated carbocycles. The van der Waals surface area contributed by atoms with Gasteiger partial charge in [0, 0.05) is 16.2 Å². The highest BCUT2D eigenvalue weighted by Gasteiger charge is 1.88. The Kier molecular flexibility index (Phi) is 1.03. The van der Waals surface area contributed by atoms with E-state index < -0.39 is 0 Å². The molecule has 0 aliphatic rings. The molecular formula is C8H4S. The zero-order valence-corrected chi connectivity index (χ0v) is 5.53. The Hall–Kier alpha value is -0.820. The van der Waals surface area contributed by atoms with E-state index in [4.69, 9.17) is 0 Å². The quantitative estimate of drug-likeness (QED) is 0.516. The van der Waals surface area contributed by atoms with Crippen molar-refractivity contribution in [3.05, 3.63) is 35.7 Å². The molecule has 0 atom stereocenters. The fourth-order valence-electron chi connectivity index (χ4n) is 0.788. The van der Waals surface area contributed by atoms with E-state index in [1.54, 1.807) is 11.3 Å². The number of fused-ring (bicyclic) bond motifs is 1. The van der Waals surface area contributed by atoms with Gasteiger partial charge in [-0.25, -0.2) is 0 Å². The third-order valence-corrected chi connectivity index (χ3v) is 2.07. The summed E-state index contributed by atoms with van der Waals surface area (Å²) in [5.41, 5.74) is 0. The molecule has 1 aromatic heterocycles. The van der Waals surface area contributed by atoms with E-state index in [0.717, 1.165) is 0 Å². The summed E-state index contributed by atoms with van der Waals surface area (Å²) in [6.45, 7) is 0. The monoisotopic (exact) mass is 132 g/mol. The van der Waals surface area contributed by atoms with Crippen LogP contribution >= 0.6 is 11.3 Å². The van der Waals surface area contributed by atoms with Crippen LogP contribution in [-0.4, -0.2) is 0 Å². The van der Waals surface area contributed by atoms with Gasteiger partial charge in [-0.2, -0.15) is 0 Å². The normalized spacial score (nSPS) is 10.2. The lowest BCUT2D eigenvalue weighted by molar-refractivity contribution is 1.82. The number of hydrogen-bond donors (Lipinski definition) is 0. The Morgan fingerprint density at radius 3 is 3.33 bits per heavy atom. The second-order valence-electron chi connectivity index (χ2n) is 1.80. The number of thiophene rings is 1. The average molecular weight is 132 g/mol. The van der Waals surface area contributed by atoms with Crippen molar-refractivity contribution in [2.45, 2.75) is 0 Å². The third kappa shape index (κ3) is 0.736. The molecule has 0 bridgehead atoms. The molecule has 1 heteroatoms. The molecule has 2 radical (unpaired) electrons. The van der Waals surface area contributed by atoms with Crippen molar-refractivity contribution in [1.82, 2.24) is 0 Å². The van der Waals surface area contributed by atoms with Gasteiger partial charge in [-0.05, 0) is 23.6 Å². The number of rotatable bonds is 0. The van der Waals surface area contributed by atoms with Gasteiger partial charge in [-0.1, -0.05) is 6.07 Å². The Morgan fingerprint density at radius 2 is 2.44 bits per heavy atom. The van der Waals surface area contributed by atoms with E-state index in [1.165, 1.54) is 10.1 Å². The van der Waals surface area contributed by atoms with Crippen LogP contribution in [-0.2, 0) is 0 Å². The second kappa shape index (κ2) is 1.85. The van der Waals surface area contributed by atoms with Crippen LogP contribution in [0.15, 0.2) is 23.6 Å². The maximum absolute atomic E-state index is 3.11. The topological polar surface area (TPSA) is 0 Å². The molecule has 0 aliphatic heterocycles. The van der Waals surface area contributed by atoms with Crippen molar-refractivity contribution >= 4 is 21.4 Å². The summed E-state index contributed by atoms with van der Waals surface area (Å²) in [7, 11) is 0. The van der Waals surface area contributed by atoms with Crippen molar-refractivity contribution in [2.75, 3.05) is 0 Å². The molecule has 0 fully saturated rings. The predicted molar refractivity (Wildman–Crippen MR) is 39.5 cm³/mol. The SMILES string of the molecule is [c]1ccc2sc[c]c2c1. The minimum Gasteiger partial charge on any atom is -0.143 e. The minimum absolute atomic E-state index is 1.17. The highest BCUT2D eigenvalue weighted by Crippen LogP contribution is 2.17. The smallest absolute Gasteiger partial charge is 0.0349 e. The molecule has 0 N–H and O–H groups in total. The lowest BCUT2D eigenvalue weighted by Crippen LogP contribution is -1.57. The maximum Gasteiger partial charge on any atom is 0.0349 e. The van der Waals surface area contributed by atoms with Gasteiger partial charge in [0.2, 0.25) is 0 Å². The van der Waals surface area contributed by atoms with E-state index in [1.807, 2.05) is 17.5 Å². The zero-order valence-electron chi connectivity index (χ0n) is 4.72. The Labute approximate surface area is 57.8 Å². The number of hydrogen-bond acceptors (Lipinski definition) is 1. The molecule has 1 aromatic carbocycles. The highest BCUT2D eigenvalue weighted by atomic mass is 32.1. The summed E-state index contributed by atoms with van der Waals surface area (Å²) in [6.07, 6.45) is 0. The first kappa shape index (κ1) is 5.00. The fraction of sp³-hybridized carbons (Fsp3) is 0. The first-order valence-electron chi connectivity index (χ1n) is 2.72. The van der Waals surface area contributed by atoms with Crippen LogP contribution in [0.1, 0.15) is 0 Å². The van der Waals surface area contributed by atoms with Crippen molar-refractivity contribution in [3.8, 4) is 0 Å². The first-order valence-corrected chi connectivity index (χ1v) is 3.60. The molecule has 0 amide bonds. The molecule has 2 rings (SSSR count). The molecule has 0 spiro atoms. The highest BCUT2D eigenvalue weighted by molar-refractivity contribution is 7.17. The molecule has 1 heterocycles. The maximum atomic E-state index is 3.11. The van der Waals surface area contributed by atoms with Crippen LogP contribution in [0.3, 0.4) is 0 Å². The molecule has 42 valence electrons. The van der Waals surface area contributed by atoms with Crippen LogP contribution in [0, 0.1) is 12.1 Å². The molecular weight excluding hydrogens is 128 g/mol. The van der Waals surface area contributed by atoms with Crippen molar-refractivity contribution in [3.63, 3.8) is 0 Å². The predicted octanol–water partition coefficient (Wildman–Crippen LogP) is 2.50. The van der Waals surface area contributed by atoms with E-state index in [-0.39, 0.29) is 0 Å².